The van der Waals surface area contributed by atoms with Gasteiger partial charge in [-0.05, 0) is 25.8 Å². The van der Waals surface area contributed by atoms with Crippen LogP contribution in [0, 0.1) is 16.7 Å². The maximum absolute atomic E-state index is 13.0. The molecule has 0 aliphatic carbocycles. The number of rotatable bonds is 4. The van der Waals surface area contributed by atoms with Crippen LogP contribution in [0.1, 0.15) is 40.2 Å². The zero-order valence-corrected chi connectivity index (χ0v) is 15.7. The van der Waals surface area contributed by atoms with Gasteiger partial charge in [0.1, 0.15) is 5.41 Å². The van der Waals surface area contributed by atoms with Gasteiger partial charge in [-0.15, -0.1) is 0 Å². The lowest BCUT2D eigenvalue weighted by Gasteiger charge is -2.27. The molecule has 2 amide bonds. The lowest BCUT2D eigenvalue weighted by molar-refractivity contribution is -0.163. The Labute approximate surface area is 149 Å². The highest BCUT2D eigenvalue weighted by Crippen LogP contribution is 2.41. The molecule has 1 aromatic rings. The summed E-state index contributed by atoms with van der Waals surface area (Å²) < 4.78 is 5.18. The molecule has 136 valence electrons. The molecule has 25 heavy (non-hydrogen) atoms. The lowest BCUT2D eigenvalue weighted by atomic mass is 9.76. The van der Waals surface area contributed by atoms with Gasteiger partial charge in [0.2, 0.25) is 11.8 Å². The first kappa shape index (κ1) is 19.2. The molecule has 0 radical (unpaired) electrons. The highest BCUT2D eigenvalue weighted by molar-refractivity contribution is 6.11. The van der Waals surface area contributed by atoms with Gasteiger partial charge in [0.05, 0.1) is 6.61 Å². The fourth-order valence-electron chi connectivity index (χ4n) is 3.22. The topological polar surface area (TPSA) is 63.7 Å². The minimum Gasteiger partial charge on any atom is -0.465 e. The van der Waals surface area contributed by atoms with E-state index in [1.165, 1.54) is 4.90 Å². The molecule has 0 aromatic heterocycles. The van der Waals surface area contributed by atoms with Crippen molar-refractivity contribution in [1.29, 1.82) is 0 Å². The first-order valence-electron chi connectivity index (χ1n) is 8.70. The first-order chi connectivity index (χ1) is 11.6. The molecule has 1 saturated heterocycles. The molecular formula is C20H27NO4. The number of benzene rings is 1. The van der Waals surface area contributed by atoms with E-state index in [2.05, 4.69) is 0 Å². The highest BCUT2D eigenvalue weighted by Gasteiger charge is 2.58. The molecule has 5 nitrogen and oxygen atoms in total. The third-order valence-corrected chi connectivity index (χ3v) is 4.82. The van der Waals surface area contributed by atoms with Crippen molar-refractivity contribution in [3.05, 3.63) is 35.9 Å². The Morgan fingerprint density at radius 2 is 1.84 bits per heavy atom. The van der Waals surface area contributed by atoms with E-state index in [1.54, 1.807) is 34.6 Å². The van der Waals surface area contributed by atoms with Crippen molar-refractivity contribution in [3.8, 4) is 0 Å². The standard InChI is InChI=1S/C20H27NO4/c1-6-25-18(24)20(5)15(12-14-10-8-7-9-11-14)13-21(17(20)23)16(22)19(2,3)4/h7-11,15H,6,12-13H2,1-5H3. The van der Waals surface area contributed by atoms with E-state index < -0.39 is 22.7 Å². The van der Waals surface area contributed by atoms with E-state index in [9.17, 15) is 14.4 Å². The number of hydrogen-bond donors (Lipinski definition) is 0. The molecule has 1 heterocycles. The Kier molecular flexibility index (Phi) is 5.35. The zero-order chi connectivity index (χ0) is 18.8. The summed E-state index contributed by atoms with van der Waals surface area (Å²) in [5.41, 5.74) is -1.000. The Balaban J connectivity index is 2.38. The number of nitrogens with zero attached hydrogens (tertiary/aromatic N) is 1. The van der Waals surface area contributed by atoms with Gasteiger partial charge in [-0.3, -0.25) is 19.3 Å². The predicted molar refractivity (Wildman–Crippen MR) is 94.6 cm³/mol. The number of likely N-dealkylation sites (tertiary alicyclic amines) is 1. The molecule has 1 aliphatic heterocycles. The average molecular weight is 345 g/mol. The molecule has 2 rings (SSSR count). The number of imide groups is 1. The van der Waals surface area contributed by atoms with Gasteiger partial charge >= 0.3 is 5.97 Å². The van der Waals surface area contributed by atoms with E-state index in [0.29, 0.717) is 6.42 Å². The minimum absolute atomic E-state index is 0.201. The van der Waals surface area contributed by atoms with E-state index in [0.717, 1.165) is 5.56 Å². The van der Waals surface area contributed by atoms with Gasteiger partial charge in [0, 0.05) is 17.9 Å². The Morgan fingerprint density at radius 3 is 2.36 bits per heavy atom. The van der Waals surface area contributed by atoms with E-state index in [1.807, 2.05) is 30.3 Å². The van der Waals surface area contributed by atoms with Crippen LogP contribution in [-0.4, -0.2) is 35.8 Å². The number of amides is 2. The number of esters is 1. The van der Waals surface area contributed by atoms with Crippen LogP contribution in [0.25, 0.3) is 0 Å². The van der Waals surface area contributed by atoms with Gasteiger partial charge in [0.15, 0.2) is 0 Å². The highest BCUT2D eigenvalue weighted by atomic mass is 16.5. The normalized spacial score (nSPS) is 23.6. The van der Waals surface area contributed by atoms with Crippen LogP contribution in [0.5, 0.6) is 0 Å². The smallest absolute Gasteiger partial charge is 0.321 e. The summed E-state index contributed by atoms with van der Waals surface area (Å²) in [7, 11) is 0. The summed E-state index contributed by atoms with van der Waals surface area (Å²) in [4.78, 5) is 39.6. The fraction of sp³-hybridized carbons (Fsp3) is 0.550. The van der Waals surface area contributed by atoms with Gasteiger partial charge in [-0.25, -0.2) is 0 Å². The minimum atomic E-state index is -1.34. The van der Waals surface area contributed by atoms with Crippen molar-refractivity contribution in [3.63, 3.8) is 0 Å². The summed E-state index contributed by atoms with van der Waals surface area (Å²) in [6.07, 6.45) is 0.538. The summed E-state index contributed by atoms with van der Waals surface area (Å²) in [5, 5.41) is 0. The summed E-state index contributed by atoms with van der Waals surface area (Å²) in [6.45, 7) is 9.08. The van der Waals surface area contributed by atoms with Crippen LogP contribution in [0.2, 0.25) is 0 Å². The SMILES string of the molecule is CCOC(=O)C1(C)C(=O)N(C(=O)C(C)(C)C)CC1Cc1ccccc1. The first-order valence-corrected chi connectivity index (χ1v) is 8.70. The van der Waals surface area contributed by atoms with E-state index in [4.69, 9.17) is 4.74 Å². The van der Waals surface area contributed by atoms with Crippen LogP contribution in [0.3, 0.4) is 0 Å². The maximum Gasteiger partial charge on any atom is 0.321 e. The van der Waals surface area contributed by atoms with Crippen LogP contribution in [0.15, 0.2) is 30.3 Å². The maximum atomic E-state index is 13.0. The van der Waals surface area contributed by atoms with Crippen molar-refractivity contribution < 1.29 is 19.1 Å². The second kappa shape index (κ2) is 6.98. The number of ether oxygens (including phenoxy) is 1. The quantitative estimate of drug-likeness (QED) is 0.622. The van der Waals surface area contributed by atoms with Crippen LogP contribution >= 0.6 is 0 Å². The lowest BCUT2D eigenvalue weighted by Crippen LogP contribution is -2.46. The van der Waals surface area contributed by atoms with Gasteiger partial charge in [-0.2, -0.15) is 0 Å². The van der Waals surface area contributed by atoms with Crippen molar-refractivity contribution >= 4 is 17.8 Å². The second-order valence-corrected chi connectivity index (χ2v) is 7.78. The molecular weight excluding hydrogens is 318 g/mol. The van der Waals surface area contributed by atoms with Crippen LogP contribution in [-0.2, 0) is 25.5 Å². The van der Waals surface area contributed by atoms with Crippen molar-refractivity contribution in [2.24, 2.45) is 16.7 Å². The molecule has 0 saturated carbocycles. The molecule has 1 fully saturated rings. The molecule has 2 atom stereocenters. The van der Waals surface area contributed by atoms with Crippen molar-refractivity contribution in [2.75, 3.05) is 13.2 Å². The van der Waals surface area contributed by atoms with Crippen LogP contribution < -0.4 is 0 Å². The van der Waals surface area contributed by atoms with Crippen LogP contribution in [0.4, 0.5) is 0 Å². The van der Waals surface area contributed by atoms with Gasteiger partial charge in [0.25, 0.3) is 0 Å². The number of carbonyl (C=O) groups is 3. The molecule has 0 bridgehead atoms. The van der Waals surface area contributed by atoms with Gasteiger partial charge in [-0.1, -0.05) is 51.1 Å². The Hall–Kier alpha value is -2.17. The third-order valence-electron chi connectivity index (χ3n) is 4.82. The monoisotopic (exact) mass is 345 g/mol. The largest absolute Gasteiger partial charge is 0.465 e. The number of carbonyl (C=O) groups excluding carboxylic acids is 3. The van der Waals surface area contributed by atoms with Crippen molar-refractivity contribution in [1.82, 2.24) is 4.90 Å². The zero-order valence-electron chi connectivity index (χ0n) is 15.7. The molecule has 0 N–H and O–H groups in total. The molecule has 5 heteroatoms. The molecule has 2 unspecified atom stereocenters. The molecule has 1 aliphatic rings. The number of hydrogen-bond acceptors (Lipinski definition) is 4. The molecule has 0 spiro atoms. The Morgan fingerprint density at radius 1 is 1.24 bits per heavy atom. The van der Waals surface area contributed by atoms with E-state index in [-0.39, 0.29) is 25.0 Å². The van der Waals surface area contributed by atoms with Gasteiger partial charge < -0.3 is 4.74 Å². The molecule has 1 aromatic carbocycles. The van der Waals surface area contributed by atoms with E-state index >= 15 is 0 Å². The Bertz CT molecular complexity index is 662. The summed E-state index contributed by atoms with van der Waals surface area (Å²) in [6, 6.07) is 9.69. The third kappa shape index (κ3) is 3.60. The predicted octanol–water partition coefficient (Wildman–Crippen LogP) is 2.83. The second-order valence-electron chi connectivity index (χ2n) is 7.78. The average Bonchev–Trinajstić information content (AvgIpc) is 2.80. The fourth-order valence-corrected chi connectivity index (χ4v) is 3.22. The summed E-state index contributed by atoms with van der Waals surface area (Å²) in [5.74, 6) is -1.58. The van der Waals surface area contributed by atoms with Crippen molar-refractivity contribution in [2.45, 2.75) is 41.0 Å². The summed E-state index contributed by atoms with van der Waals surface area (Å²) >= 11 is 0.